The normalized spacial score (nSPS) is 22.3. The third kappa shape index (κ3) is 4.99. The fourth-order valence-corrected chi connectivity index (χ4v) is 6.73. The second-order valence-corrected chi connectivity index (χ2v) is 11.9. The maximum Gasteiger partial charge on any atom is 0.343 e. The van der Waals surface area contributed by atoms with Crippen molar-refractivity contribution in [1.82, 2.24) is 10.0 Å². The van der Waals surface area contributed by atoms with Gasteiger partial charge in [-0.25, -0.2) is 9.80 Å². The molecule has 3 amide bonds. The van der Waals surface area contributed by atoms with Crippen molar-refractivity contribution in [2.24, 2.45) is 23.7 Å². The molecule has 1 aliphatic heterocycles. The highest BCUT2D eigenvalue weighted by Crippen LogP contribution is 2.56. The predicted octanol–water partition coefficient (Wildman–Crippen LogP) is 5.79. The summed E-state index contributed by atoms with van der Waals surface area (Å²) in [5.74, 6) is -3.18. The van der Waals surface area contributed by atoms with Gasteiger partial charge in [-0.15, -0.1) is 0 Å². The molecule has 214 valence electrons. The summed E-state index contributed by atoms with van der Waals surface area (Å²) >= 11 is 12.2. The van der Waals surface area contributed by atoms with E-state index in [1.54, 1.807) is 24.3 Å². The standard InChI is InChI=1S/C32H26Cl2N2O6/c1-17-2-4-19(5-3-17)32(41)42-23-11-8-18(9-12-23)26(37)16-35(29(38)22-10-13-24(33)25(34)15-22)36-30(39)27-20-6-7-21(14-20)28(27)31(36)40/h2-5,8-13,15,20-21,27-28H,6-7,14,16H2,1H3/t20-,21-,27+,28+/m0/s1. The van der Waals surface area contributed by atoms with Crippen molar-refractivity contribution < 1.29 is 28.7 Å². The molecule has 2 bridgehead atoms. The van der Waals surface area contributed by atoms with Crippen LogP contribution in [0.5, 0.6) is 5.75 Å². The average molecular weight is 605 g/mol. The lowest BCUT2D eigenvalue weighted by atomic mass is 9.81. The molecule has 1 heterocycles. The van der Waals surface area contributed by atoms with Crippen molar-refractivity contribution in [3.05, 3.63) is 99.0 Å². The lowest BCUT2D eigenvalue weighted by Gasteiger charge is -2.31. The molecule has 3 fully saturated rings. The predicted molar refractivity (Wildman–Crippen MR) is 154 cm³/mol. The summed E-state index contributed by atoms with van der Waals surface area (Å²) < 4.78 is 5.42. The summed E-state index contributed by atoms with van der Waals surface area (Å²) in [4.78, 5) is 66.9. The van der Waals surface area contributed by atoms with Crippen LogP contribution >= 0.6 is 23.2 Å². The van der Waals surface area contributed by atoms with Crippen LogP contribution in [0, 0.1) is 30.6 Å². The van der Waals surface area contributed by atoms with Gasteiger partial charge in [0.15, 0.2) is 5.78 Å². The van der Waals surface area contributed by atoms with Crippen LogP contribution in [0.25, 0.3) is 0 Å². The highest BCUT2D eigenvalue weighted by Gasteiger charge is 2.62. The van der Waals surface area contributed by atoms with Gasteiger partial charge in [-0.3, -0.25) is 19.2 Å². The average Bonchev–Trinajstić information content (AvgIpc) is 3.67. The molecule has 0 N–H and O–H groups in total. The zero-order chi connectivity index (χ0) is 29.7. The van der Waals surface area contributed by atoms with E-state index in [2.05, 4.69) is 0 Å². The molecular formula is C32H26Cl2N2O6. The van der Waals surface area contributed by atoms with E-state index in [4.69, 9.17) is 27.9 Å². The van der Waals surface area contributed by atoms with Gasteiger partial charge in [0.1, 0.15) is 12.3 Å². The zero-order valence-corrected chi connectivity index (χ0v) is 24.1. The van der Waals surface area contributed by atoms with Crippen molar-refractivity contribution in [3.8, 4) is 5.75 Å². The number of esters is 1. The van der Waals surface area contributed by atoms with Crippen molar-refractivity contribution in [2.75, 3.05) is 6.54 Å². The number of imide groups is 1. The summed E-state index contributed by atoms with van der Waals surface area (Å²) in [5, 5.41) is 2.16. The summed E-state index contributed by atoms with van der Waals surface area (Å²) in [6, 6.07) is 17.0. The van der Waals surface area contributed by atoms with Gasteiger partial charge >= 0.3 is 5.97 Å². The highest BCUT2D eigenvalue weighted by molar-refractivity contribution is 6.42. The lowest BCUT2D eigenvalue weighted by Crippen LogP contribution is -2.52. The van der Waals surface area contributed by atoms with Crippen LogP contribution in [0.3, 0.4) is 0 Å². The number of hydrogen-bond acceptors (Lipinski definition) is 6. The summed E-state index contributed by atoms with van der Waals surface area (Å²) in [6.07, 6.45) is 2.58. The van der Waals surface area contributed by atoms with Crippen LogP contribution in [0.1, 0.15) is 55.9 Å². The Labute approximate surface area is 252 Å². The Morgan fingerprint density at radius 3 is 1.98 bits per heavy atom. The SMILES string of the molecule is Cc1ccc(C(=O)Oc2ccc(C(=O)CN(C(=O)c3ccc(Cl)c(Cl)c3)N3C(=O)[C@@H]4[C@H]5CC[C@@H](C5)[C@H]4C3=O)cc2)cc1. The van der Waals surface area contributed by atoms with Crippen LogP contribution in [0.4, 0.5) is 0 Å². The van der Waals surface area contributed by atoms with Gasteiger partial charge in [0.25, 0.3) is 17.7 Å². The molecule has 2 aliphatic carbocycles. The number of hydrazine groups is 1. The molecule has 2 saturated carbocycles. The van der Waals surface area contributed by atoms with Gasteiger partial charge in [-0.1, -0.05) is 40.9 Å². The van der Waals surface area contributed by atoms with E-state index in [1.807, 2.05) is 6.92 Å². The maximum atomic E-state index is 13.8. The largest absolute Gasteiger partial charge is 0.423 e. The molecule has 1 saturated heterocycles. The van der Waals surface area contributed by atoms with Gasteiger partial charge in [0, 0.05) is 11.1 Å². The van der Waals surface area contributed by atoms with E-state index < -0.39 is 47.9 Å². The van der Waals surface area contributed by atoms with E-state index in [1.165, 1.54) is 42.5 Å². The fraction of sp³-hybridized carbons (Fsp3) is 0.281. The van der Waals surface area contributed by atoms with Crippen LogP contribution < -0.4 is 4.74 Å². The van der Waals surface area contributed by atoms with E-state index in [9.17, 15) is 24.0 Å². The van der Waals surface area contributed by atoms with Gasteiger partial charge < -0.3 is 4.74 Å². The second kappa shape index (κ2) is 11.0. The number of rotatable bonds is 7. The summed E-state index contributed by atoms with van der Waals surface area (Å²) in [6.45, 7) is 1.35. The smallest absolute Gasteiger partial charge is 0.343 e. The molecule has 0 aromatic heterocycles. The zero-order valence-electron chi connectivity index (χ0n) is 22.6. The number of hydrogen-bond donors (Lipinski definition) is 0. The first-order chi connectivity index (χ1) is 20.1. The molecule has 10 heteroatoms. The number of aryl methyl sites for hydroxylation is 1. The Morgan fingerprint density at radius 2 is 1.38 bits per heavy atom. The molecule has 8 nitrogen and oxygen atoms in total. The molecule has 0 spiro atoms. The molecule has 4 atom stereocenters. The van der Waals surface area contributed by atoms with Crippen molar-refractivity contribution in [3.63, 3.8) is 0 Å². The number of amides is 3. The Morgan fingerprint density at radius 1 is 0.810 bits per heavy atom. The Kier molecular flexibility index (Phi) is 7.37. The third-order valence-electron chi connectivity index (χ3n) is 8.51. The van der Waals surface area contributed by atoms with Crippen LogP contribution in [0.15, 0.2) is 66.7 Å². The van der Waals surface area contributed by atoms with E-state index in [0.29, 0.717) is 5.56 Å². The number of ether oxygens (including phenoxy) is 1. The summed E-state index contributed by atoms with van der Waals surface area (Å²) in [5.41, 5.74) is 1.68. The molecule has 42 heavy (non-hydrogen) atoms. The number of halogens is 2. The Balaban J connectivity index is 1.24. The quantitative estimate of drug-likeness (QED) is 0.146. The minimum Gasteiger partial charge on any atom is -0.423 e. The molecule has 0 unspecified atom stereocenters. The van der Waals surface area contributed by atoms with Gasteiger partial charge in [0.2, 0.25) is 0 Å². The topological polar surface area (TPSA) is 101 Å². The molecule has 3 aromatic carbocycles. The van der Waals surface area contributed by atoms with Crippen molar-refractivity contribution in [2.45, 2.75) is 26.2 Å². The molecule has 0 radical (unpaired) electrons. The van der Waals surface area contributed by atoms with Crippen LogP contribution in [0.2, 0.25) is 10.0 Å². The maximum absolute atomic E-state index is 13.8. The van der Waals surface area contributed by atoms with Gasteiger partial charge in [-0.2, -0.15) is 5.01 Å². The van der Waals surface area contributed by atoms with Gasteiger partial charge in [-0.05, 0) is 92.6 Å². The first kappa shape index (κ1) is 28.1. The van der Waals surface area contributed by atoms with Crippen LogP contribution in [-0.4, -0.2) is 46.0 Å². The van der Waals surface area contributed by atoms with Crippen molar-refractivity contribution in [1.29, 1.82) is 0 Å². The van der Waals surface area contributed by atoms with Gasteiger partial charge in [0.05, 0.1) is 27.4 Å². The minimum atomic E-state index is -0.723. The molecular weight excluding hydrogens is 579 g/mol. The molecule has 6 rings (SSSR count). The van der Waals surface area contributed by atoms with E-state index in [0.717, 1.165) is 34.8 Å². The fourth-order valence-electron chi connectivity index (χ4n) is 6.43. The third-order valence-corrected chi connectivity index (χ3v) is 9.25. The number of carbonyl (C=O) groups excluding carboxylic acids is 5. The van der Waals surface area contributed by atoms with Crippen LogP contribution in [-0.2, 0) is 9.59 Å². The monoisotopic (exact) mass is 604 g/mol. The summed E-state index contributed by atoms with van der Waals surface area (Å²) in [7, 11) is 0. The number of ketones is 1. The highest BCUT2D eigenvalue weighted by atomic mass is 35.5. The first-order valence-corrected chi connectivity index (χ1v) is 14.4. The number of Topliss-reactive ketones (excluding diaryl/α,β-unsaturated/α-hetero) is 1. The number of carbonyl (C=O) groups is 5. The van der Waals surface area contributed by atoms with E-state index in [-0.39, 0.29) is 38.8 Å². The van der Waals surface area contributed by atoms with Crippen molar-refractivity contribution >= 4 is 52.7 Å². The Bertz CT molecular complexity index is 1590. The molecule has 3 aromatic rings. The first-order valence-electron chi connectivity index (χ1n) is 13.7. The van der Waals surface area contributed by atoms with E-state index >= 15 is 0 Å². The lowest BCUT2D eigenvalue weighted by molar-refractivity contribution is -0.155. The number of benzene rings is 3. The molecule has 3 aliphatic rings. The second-order valence-electron chi connectivity index (χ2n) is 11.1. The minimum absolute atomic E-state index is 0.0798. The Hall–Kier alpha value is -4.01. The number of nitrogens with zero attached hydrogens (tertiary/aromatic N) is 2. The number of fused-ring (bicyclic) bond motifs is 5.